The first-order valence-electron chi connectivity index (χ1n) is 22.2. The number of hydrogen-bond acceptors (Lipinski definition) is 10. The van der Waals surface area contributed by atoms with Crippen LogP contribution in [0.25, 0.3) is 10.8 Å². The maximum Gasteiger partial charge on any atom is 0.305 e. The van der Waals surface area contributed by atoms with Crippen LogP contribution in [0.15, 0.2) is 76.7 Å². The van der Waals surface area contributed by atoms with Crippen molar-refractivity contribution >= 4 is 63.9 Å². The standard InChI is InChI=1S/C46H68N12O8/c1-5-27(3)26-53-41(63)34(13-9-21-51-45(47)48)56-43(65)36(25-38(60)61)57-44(66)39(28(4)6-2)58-42(64)35(14-10-22-52-46(49)50)55-37(59)23-29-15-19-33(20-16-29)54-40(62)32-18-17-30-11-7-8-12-31(30)24-32/h7-8,11-12,15-20,24,27-28,34-36,39,41,53,63H,5-6,9-10,13-14,21-23,25-26H2,1-4H3,(H,54,62)(H,55,59)(H,56,65)(H,57,66)(H,58,64)(H,60,61)(H4,47,48,51)(H4,49,50,52)/t27-,28-,34?,35-,36-,39-,41?/m0/s1. The molecular weight excluding hydrogens is 849 g/mol. The number of anilines is 1. The van der Waals surface area contributed by atoms with Crippen LogP contribution in [0, 0.1) is 11.8 Å². The van der Waals surface area contributed by atoms with Crippen LogP contribution >= 0.6 is 0 Å². The molecule has 0 heterocycles. The van der Waals surface area contributed by atoms with Gasteiger partial charge in [0, 0.05) is 30.9 Å². The van der Waals surface area contributed by atoms with Gasteiger partial charge in [0.25, 0.3) is 5.91 Å². The first-order chi connectivity index (χ1) is 31.4. The van der Waals surface area contributed by atoms with Gasteiger partial charge in [0.2, 0.25) is 23.6 Å². The minimum Gasteiger partial charge on any atom is -0.481 e. The third-order valence-corrected chi connectivity index (χ3v) is 11.0. The van der Waals surface area contributed by atoms with Crippen molar-refractivity contribution in [2.75, 3.05) is 25.0 Å². The van der Waals surface area contributed by atoms with Crippen LogP contribution in [0.4, 0.5) is 5.69 Å². The fourth-order valence-corrected chi connectivity index (χ4v) is 6.76. The quantitative estimate of drug-likeness (QED) is 0.0211. The topological polar surface area (TPSA) is 344 Å². The lowest BCUT2D eigenvalue weighted by atomic mass is 9.96. The molecule has 66 heavy (non-hydrogen) atoms. The van der Waals surface area contributed by atoms with Crippen molar-refractivity contribution < 1.29 is 39.0 Å². The summed E-state index contributed by atoms with van der Waals surface area (Å²) >= 11 is 0. The zero-order valence-corrected chi connectivity index (χ0v) is 38.2. The molecule has 0 radical (unpaired) electrons. The van der Waals surface area contributed by atoms with Gasteiger partial charge in [-0.1, -0.05) is 83.0 Å². The summed E-state index contributed by atoms with van der Waals surface area (Å²) in [5, 5.41) is 39.2. The number of nitrogens with one attached hydrogen (secondary N) is 6. The third-order valence-electron chi connectivity index (χ3n) is 11.0. The summed E-state index contributed by atoms with van der Waals surface area (Å²) in [4.78, 5) is 88.0. The molecule has 20 heteroatoms. The predicted molar refractivity (Wildman–Crippen MR) is 255 cm³/mol. The van der Waals surface area contributed by atoms with E-state index < -0.39 is 72.3 Å². The molecule has 0 aliphatic carbocycles. The van der Waals surface area contributed by atoms with E-state index in [-0.39, 0.29) is 62.5 Å². The fraction of sp³-hybridized carbons (Fsp3) is 0.478. The van der Waals surface area contributed by atoms with Gasteiger partial charge in [-0.3, -0.25) is 44.1 Å². The lowest BCUT2D eigenvalue weighted by Gasteiger charge is -2.30. The SMILES string of the molecule is CC[C@H](C)CNC(O)C(CCCN=C(N)N)NC(=O)[C@H](CC(=O)O)NC(=O)[C@@H](NC(=O)[C@H](CCCN=C(N)N)NC(=O)Cc1ccc(NC(=O)c2ccc3ccccc3c2)cc1)[C@@H](C)CC. The van der Waals surface area contributed by atoms with Crippen LogP contribution in [0.2, 0.25) is 0 Å². The number of guanidine groups is 2. The molecule has 0 saturated carbocycles. The smallest absolute Gasteiger partial charge is 0.305 e. The van der Waals surface area contributed by atoms with Crippen LogP contribution in [0.1, 0.15) is 88.6 Å². The van der Waals surface area contributed by atoms with E-state index in [1.165, 1.54) is 0 Å². The van der Waals surface area contributed by atoms with Crippen molar-refractivity contribution in [2.24, 2.45) is 44.8 Å². The minimum absolute atomic E-state index is 0.0744. The van der Waals surface area contributed by atoms with E-state index in [2.05, 4.69) is 41.9 Å². The molecule has 360 valence electrons. The largest absolute Gasteiger partial charge is 0.481 e. The van der Waals surface area contributed by atoms with Crippen molar-refractivity contribution in [3.8, 4) is 0 Å². The second kappa shape index (κ2) is 27.5. The number of carbonyl (C=O) groups is 6. The molecule has 0 bridgehead atoms. The van der Waals surface area contributed by atoms with Gasteiger partial charge in [-0.25, -0.2) is 0 Å². The van der Waals surface area contributed by atoms with Gasteiger partial charge < -0.3 is 59.7 Å². The van der Waals surface area contributed by atoms with Gasteiger partial charge in [0.15, 0.2) is 11.9 Å². The summed E-state index contributed by atoms with van der Waals surface area (Å²) in [7, 11) is 0. The number of rotatable bonds is 28. The number of hydrogen-bond donors (Lipinski definition) is 12. The number of aliphatic hydroxyl groups excluding tert-OH is 1. The molecule has 3 aromatic carbocycles. The number of aliphatic carboxylic acids is 1. The number of carboxylic acid groups (broad SMARTS) is 1. The molecule has 3 rings (SSSR count). The average Bonchev–Trinajstić information content (AvgIpc) is 3.28. The second-order valence-corrected chi connectivity index (χ2v) is 16.4. The number of fused-ring (bicyclic) bond motifs is 1. The van der Waals surface area contributed by atoms with Crippen molar-refractivity contribution in [1.29, 1.82) is 0 Å². The van der Waals surface area contributed by atoms with Crippen LogP contribution in [0.3, 0.4) is 0 Å². The molecule has 0 saturated heterocycles. The number of carbonyl (C=O) groups excluding carboxylic acids is 5. The number of carboxylic acids is 1. The zero-order chi connectivity index (χ0) is 48.8. The van der Waals surface area contributed by atoms with Crippen molar-refractivity contribution in [1.82, 2.24) is 26.6 Å². The Labute approximate surface area is 385 Å². The van der Waals surface area contributed by atoms with E-state index in [0.717, 1.165) is 17.2 Å². The third kappa shape index (κ3) is 18.7. The second-order valence-electron chi connectivity index (χ2n) is 16.4. The molecule has 2 unspecified atom stereocenters. The van der Waals surface area contributed by atoms with Crippen molar-refractivity contribution in [3.05, 3.63) is 77.9 Å². The molecule has 0 spiro atoms. The van der Waals surface area contributed by atoms with Gasteiger partial charge in [0.1, 0.15) is 24.4 Å². The molecule has 5 amide bonds. The number of aliphatic hydroxyl groups is 1. The summed E-state index contributed by atoms with van der Waals surface area (Å²) in [5.41, 5.74) is 23.4. The Balaban J connectivity index is 1.75. The Morgan fingerprint density at radius 3 is 1.92 bits per heavy atom. The van der Waals surface area contributed by atoms with Gasteiger partial charge in [-0.2, -0.15) is 0 Å². The minimum atomic E-state index is -1.60. The molecule has 0 fully saturated rings. The summed E-state index contributed by atoms with van der Waals surface area (Å²) in [6.45, 7) is 8.24. The molecule has 0 aliphatic rings. The van der Waals surface area contributed by atoms with Crippen LogP contribution in [-0.2, 0) is 30.4 Å². The van der Waals surface area contributed by atoms with Crippen LogP contribution in [-0.4, -0.2) is 108 Å². The lowest BCUT2D eigenvalue weighted by Crippen LogP contribution is -2.60. The van der Waals surface area contributed by atoms with E-state index in [1.807, 2.05) is 44.2 Å². The molecule has 0 aromatic heterocycles. The summed E-state index contributed by atoms with van der Waals surface area (Å²) in [6.07, 6.45) is -0.0532. The Morgan fingerprint density at radius 1 is 0.697 bits per heavy atom. The van der Waals surface area contributed by atoms with E-state index in [0.29, 0.717) is 36.2 Å². The Kier molecular flexibility index (Phi) is 22.3. The fourth-order valence-electron chi connectivity index (χ4n) is 6.76. The first kappa shape index (κ1) is 53.5. The van der Waals surface area contributed by atoms with E-state index in [1.54, 1.807) is 50.2 Å². The number of benzene rings is 3. The molecule has 16 N–H and O–H groups in total. The van der Waals surface area contributed by atoms with Crippen molar-refractivity contribution in [2.45, 2.75) is 109 Å². The normalized spacial score (nSPS) is 14.2. The highest BCUT2D eigenvalue weighted by Gasteiger charge is 2.34. The van der Waals surface area contributed by atoms with E-state index in [9.17, 15) is 39.0 Å². The highest BCUT2D eigenvalue weighted by molar-refractivity contribution is 6.06. The number of aliphatic imine (C=N–C) groups is 2. The van der Waals surface area contributed by atoms with Gasteiger partial charge >= 0.3 is 5.97 Å². The van der Waals surface area contributed by atoms with Gasteiger partial charge in [-0.15, -0.1) is 0 Å². The van der Waals surface area contributed by atoms with E-state index in [4.69, 9.17) is 22.9 Å². The van der Waals surface area contributed by atoms with Crippen LogP contribution in [0.5, 0.6) is 0 Å². The Morgan fingerprint density at radius 2 is 1.32 bits per heavy atom. The number of nitrogens with two attached hydrogens (primary N) is 4. The van der Waals surface area contributed by atoms with E-state index >= 15 is 0 Å². The Bertz CT molecular complexity index is 2140. The maximum atomic E-state index is 14.0. The molecule has 20 nitrogen and oxygen atoms in total. The van der Waals surface area contributed by atoms with Gasteiger partial charge in [0.05, 0.1) is 18.9 Å². The molecule has 0 aliphatic heterocycles. The molecule has 7 atom stereocenters. The highest BCUT2D eigenvalue weighted by Crippen LogP contribution is 2.18. The lowest BCUT2D eigenvalue weighted by molar-refractivity contribution is -0.141. The number of nitrogens with zero attached hydrogens (tertiary/aromatic N) is 2. The highest BCUT2D eigenvalue weighted by atomic mass is 16.4. The number of amides is 5. The zero-order valence-electron chi connectivity index (χ0n) is 38.2. The average molecular weight is 917 g/mol. The summed E-state index contributed by atoms with van der Waals surface area (Å²) in [6, 6.07) is 14.9. The summed E-state index contributed by atoms with van der Waals surface area (Å²) in [5.74, 6) is -5.21. The maximum absolute atomic E-state index is 14.0. The molecule has 3 aromatic rings. The monoisotopic (exact) mass is 917 g/mol. The summed E-state index contributed by atoms with van der Waals surface area (Å²) < 4.78 is 0. The first-order valence-corrected chi connectivity index (χ1v) is 22.2. The van der Waals surface area contributed by atoms with Crippen LogP contribution < -0.4 is 54.8 Å². The molecular formula is C46H68N12O8. The predicted octanol–water partition coefficient (Wildman–Crippen LogP) is 1.16. The van der Waals surface area contributed by atoms with Gasteiger partial charge in [-0.05, 0) is 78.1 Å². The van der Waals surface area contributed by atoms with Crippen molar-refractivity contribution in [3.63, 3.8) is 0 Å². The Hall–Kier alpha value is -6.80.